The molecule has 0 bridgehead atoms. The summed E-state index contributed by atoms with van der Waals surface area (Å²) in [5, 5.41) is 17.1. The molecule has 2 amide bonds. The molecule has 0 radical (unpaired) electrons. The minimum atomic E-state index is -0.779. The fourth-order valence-electron chi connectivity index (χ4n) is 7.19. The molecule has 4 aromatic rings. The number of hydrogen-bond acceptors (Lipinski definition) is 9. The zero-order valence-electron chi connectivity index (χ0n) is 27.4. The van der Waals surface area contributed by atoms with Crippen LogP contribution in [0.25, 0.3) is 22.3 Å². The lowest BCUT2D eigenvalue weighted by Gasteiger charge is -2.42. The molecule has 0 spiro atoms. The highest BCUT2D eigenvalue weighted by molar-refractivity contribution is 5.86. The van der Waals surface area contributed by atoms with Crippen molar-refractivity contribution in [3.8, 4) is 11.4 Å². The van der Waals surface area contributed by atoms with E-state index < -0.39 is 12.1 Å². The van der Waals surface area contributed by atoms with Gasteiger partial charge in [0, 0.05) is 75.8 Å². The number of likely N-dealkylation sites (tertiary alicyclic amines) is 1. The lowest BCUT2D eigenvalue weighted by molar-refractivity contribution is -0.137. The number of nitrogens with zero attached hydrogens (tertiary/aromatic N) is 7. The predicted molar refractivity (Wildman–Crippen MR) is 180 cm³/mol. The summed E-state index contributed by atoms with van der Waals surface area (Å²) in [5.74, 6) is 0.437. The Balaban J connectivity index is 0.966. The van der Waals surface area contributed by atoms with Crippen molar-refractivity contribution in [2.75, 3.05) is 59.4 Å². The first kappa shape index (κ1) is 32.0. The molecule has 1 unspecified atom stereocenters. The molecule has 14 nitrogen and oxygen atoms in total. The number of amides is 2. The van der Waals surface area contributed by atoms with Gasteiger partial charge in [0.05, 0.1) is 17.8 Å². The van der Waals surface area contributed by atoms with Gasteiger partial charge in [0.1, 0.15) is 6.04 Å². The van der Waals surface area contributed by atoms with Gasteiger partial charge in [-0.25, -0.2) is 14.3 Å². The summed E-state index contributed by atoms with van der Waals surface area (Å²) in [7, 11) is 2.16. The highest BCUT2D eigenvalue weighted by atomic mass is 16.7. The molecule has 48 heavy (non-hydrogen) atoms. The van der Waals surface area contributed by atoms with Crippen LogP contribution in [0.4, 0.5) is 4.79 Å². The average Bonchev–Trinajstić information content (AvgIpc) is 3.75. The van der Waals surface area contributed by atoms with Crippen molar-refractivity contribution in [1.29, 1.82) is 0 Å². The highest BCUT2D eigenvalue weighted by Crippen LogP contribution is 2.23. The molecule has 3 saturated heterocycles. The second-order valence-corrected chi connectivity index (χ2v) is 13.2. The third-order valence-corrected chi connectivity index (χ3v) is 10.0. The number of hydrogen-bond donors (Lipinski definition) is 3. The minimum Gasteiger partial charge on any atom is -0.351 e. The molecule has 3 N–H and O–H groups in total. The van der Waals surface area contributed by atoms with Gasteiger partial charge in [-0.2, -0.15) is 5.10 Å². The maximum atomic E-state index is 14.0. The summed E-state index contributed by atoms with van der Waals surface area (Å²) < 4.78 is 1.50. The van der Waals surface area contributed by atoms with E-state index in [0.717, 1.165) is 61.1 Å². The SMILES string of the molecule is CN1CCN(C2CCN(C(=O)C(Cc3ccc4[nH]ncc4c3)NC(=O)ON3CCC(n4nc(-c5ccccc5)[nH]c4=O)CC3)CC2)CC1. The lowest BCUT2D eigenvalue weighted by atomic mass is 9.99. The van der Waals surface area contributed by atoms with Crippen LogP contribution >= 0.6 is 0 Å². The number of piperidine rings is 2. The first-order valence-electron chi connectivity index (χ1n) is 17.0. The molecule has 14 heteroatoms. The van der Waals surface area contributed by atoms with Crippen LogP contribution in [-0.2, 0) is 16.1 Å². The molecule has 5 heterocycles. The monoisotopic (exact) mass is 656 g/mol. The molecule has 2 aromatic heterocycles. The fraction of sp³-hybridized carbons (Fsp3) is 0.500. The van der Waals surface area contributed by atoms with Crippen molar-refractivity contribution in [1.82, 2.24) is 50.0 Å². The molecule has 7 rings (SSSR count). The standard InChI is InChI=1S/C34H44N10O4/c1-40-17-19-41(20-18-40)27-9-13-42(14-10-27)32(45)30(22-24-7-8-29-26(21-24)23-35-38-29)36-34(47)48-43-15-11-28(12-16-43)44-33(46)37-31(39-44)25-5-3-2-4-6-25/h2-8,21,23,27-28,30H,9-20,22H2,1H3,(H,35,38)(H,36,47)(H,37,39,46). The molecular formula is C34H44N10O4. The lowest BCUT2D eigenvalue weighted by Crippen LogP contribution is -2.56. The number of aromatic nitrogens is 5. The second kappa shape index (κ2) is 14.3. The van der Waals surface area contributed by atoms with Gasteiger partial charge in [-0.1, -0.05) is 36.4 Å². The number of carbonyl (C=O) groups excluding carboxylic acids is 2. The summed E-state index contributed by atoms with van der Waals surface area (Å²) in [6.07, 6.45) is 4.45. The van der Waals surface area contributed by atoms with E-state index in [4.69, 9.17) is 4.84 Å². The number of hydroxylamine groups is 2. The number of fused-ring (bicyclic) bond motifs is 1. The van der Waals surface area contributed by atoms with E-state index in [-0.39, 0.29) is 17.6 Å². The van der Waals surface area contributed by atoms with E-state index in [1.807, 2.05) is 53.4 Å². The number of nitrogens with one attached hydrogen (secondary N) is 3. The summed E-state index contributed by atoms with van der Waals surface area (Å²) in [4.78, 5) is 55.3. The van der Waals surface area contributed by atoms with E-state index in [1.165, 1.54) is 4.68 Å². The Morgan fingerprint density at radius 3 is 2.42 bits per heavy atom. The molecule has 254 valence electrons. The van der Waals surface area contributed by atoms with Gasteiger partial charge in [-0.3, -0.25) is 19.8 Å². The normalized spacial score (nSPS) is 19.8. The third-order valence-electron chi connectivity index (χ3n) is 10.0. The summed E-state index contributed by atoms with van der Waals surface area (Å²) in [6, 6.07) is 15.0. The van der Waals surface area contributed by atoms with E-state index in [2.05, 4.69) is 42.4 Å². The van der Waals surface area contributed by atoms with Gasteiger partial charge in [0.15, 0.2) is 5.82 Å². The van der Waals surface area contributed by atoms with Crippen LogP contribution in [0.1, 0.15) is 37.3 Å². The predicted octanol–water partition coefficient (Wildman–Crippen LogP) is 2.24. The van der Waals surface area contributed by atoms with E-state index in [1.54, 1.807) is 11.3 Å². The molecule has 2 aromatic carbocycles. The summed E-state index contributed by atoms with van der Waals surface area (Å²) in [5.41, 5.74) is 2.43. The number of aromatic amines is 2. The Labute approximate surface area is 279 Å². The minimum absolute atomic E-state index is 0.0955. The van der Waals surface area contributed by atoms with E-state index in [9.17, 15) is 14.4 Å². The summed E-state index contributed by atoms with van der Waals surface area (Å²) >= 11 is 0. The van der Waals surface area contributed by atoms with Crippen molar-refractivity contribution >= 4 is 22.9 Å². The van der Waals surface area contributed by atoms with E-state index >= 15 is 0 Å². The zero-order chi connectivity index (χ0) is 33.0. The Hall–Kier alpha value is -4.53. The first-order valence-corrected chi connectivity index (χ1v) is 17.0. The first-order chi connectivity index (χ1) is 23.4. The molecule has 1 atom stereocenters. The van der Waals surface area contributed by atoms with Crippen molar-refractivity contribution < 1.29 is 14.4 Å². The quantitative estimate of drug-likeness (QED) is 0.260. The largest absolute Gasteiger partial charge is 0.426 e. The van der Waals surface area contributed by atoms with E-state index in [0.29, 0.717) is 57.3 Å². The van der Waals surface area contributed by atoms with Crippen LogP contribution in [0.3, 0.4) is 0 Å². The van der Waals surface area contributed by atoms with Gasteiger partial charge in [-0.05, 0) is 50.4 Å². The number of rotatable bonds is 8. The second-order valence-electron chi connectivity index (χ2n) is 13.2. The molecular weight excluding hydrogens is 612 g/mol. The maximum Gasteiger partial charge on any atom is 0.426 e. The zero-order valence-corrected chi connectivity index (χ0v) is 27.4. The van der Waals surface area contributed by atoms with Crippen molar-refractivity contribution in [2.45, 2.75) is 50.2 Å². The van der Waals surface area contributed by atoms with Gasteiger partial charge in [0.2, 0.25) is 5.91 Å². The molecule has 0 aliphatic carbocycles. The summed E-state index contributed by atoms with van der Waals surface area (Å²) in [6.45, 7) is 6.47. The molecule has 0 saturated carbocycles. The van der Waals surface area contributed by atoms with Gasteiger partial charge in [0.25, 0.3) is 0 Å². The number of H-pyrrole nitrogens is 2. The number of benzene rings is 2. The Morgan fingerprint density at radius 2 is 1.67 bits per heavy atom. The van der Waals surface area contributed by atoms with Crippen LogP contribution in [0.5, 0.6) is 0 Å². The van der Waals surface area contributed by atoms with Gasteiger partial charge in [-0.15, -0.1) is 10.2 Å². The molecule has 3 aliphatic heterocycles. The molecule has 3 fully saturated rings. The van der Waals surface area contributed by atoms with Gasteiger partial charge < -0.3 is 20.0 Å². The van der Waals surface area contributed by atoms with Crippen LogP contribution in [-0.4, -0.2) is 128 Å². The Bertz CT molecular complexity index is 1750. The Kier molecular flexibility index (Phi) is 9.54. The Morgan fingerprint density at radius 1 is 0.938 bits per heavy atom. The van der Waals surface area contributed by atoms with Crippen LogP contribution < -0.4 is 11.0 Å². The van der Waals surface area contributed by atoms with Crippen LogP contribution in [0.2, 0.25) is 0 Å². The average molecular weight is 657 g/mol. The van der Waals surface area contributed by atoms with Crippen LogP contribution in [0, 0.1) is 0 Å². The topological polar surface area (TPSA) is 148 Å². The van der Waals surface area contributed by atoms with Crippen molar-refractivity contribution in [3.05, 3.63) is 70.8 Å². The maximum absolute atomic E-state index is 14.0. The number of piperazine rings is 1. The van der Waals surface area contributed by atoms with Crippen LogP contribution in [0.15, 0.2) is 59.5 Å². The smallest absolute Gasteiger partial charge is 0.351 e. The fourth-order valence-corrected chi connectivity index (χ4v) is 7.19. The highest BCUT2D eigenvalue weighted by Gasteiger charge is 2.33. The number of likely N-dealkylation sites (N-methyl/N-ethyl adjacent to an activating group) is 1. The number of carbonyl (C=O) groups is 2. The van der Waals surface area contributed by atoms with Crippen molar-refractivity contribution in [2.24, 2.45) is 0 Å². The molecule has 3 aliphatic rings. The van der Waals surface area contributed by atoms with Gasteiger partial charge >= 0.3 is 11.8 Å². The third kappa shape index (κ3) is 7.30. The van der Waals surface area contributed by atoms with Crippen molar-refractivity contribution in [3.63, 3.8) is 0 Å².